The molecule has 1 amide bonds. The van der Waals surface area contributed by atoms with Gasteiger partial charge in [-0.25, -0.2) is 4.57 Å². The maximum Gasteiger partial charge on any atom is 0.295 e. The largest absolute Gasteiger partial charge is 0.872 e. The number of aromatic amines is 1. The number of hydrogen-bond acceptors (Lipinski definition) is 4. The number of nitrogens with one attached hydrogen (secondary N) is 1. The Hall–Kier alpha value is -3.58. The lowest BCUT2D eigenvalue weighted by Gasteiger charge is -2.28. The molecular formula is C28H30ClN3O4. The van der Waals surface area contributed by atoms with E-state index in [9.17, 15) is 14.7 Å². The summed E-state index contributed by atoms with van der Waals surface area (Å²) in [5, 5.41) is 13.9. The van der Waals surface area contributed by atoms with Gasteiger partial charge in [-0.15, -0.1) is 0 Å². The second kappa shape index (κ2) is 11.0. The maximum absolute atomic E-state index is 13.6. The fourth-order valence-electron chi connectivity index (χ4n) is 4.46. The summed E-state index contributed by atoms with van der Waals surface area (Å²) in [5.74, 6) is -1.14. The topological polar surface area (TPSA) is 89.3 Å². The molecule has 1 N–H and O–H groups in total. The molecule has 3 aromatic rings. The van der Waals surface area contributed by atoms with Crippen LogP contribution >= 0.6 is 11.6 Å². The molecule has 8 heteroatoms. The third-order valence-electron chi connectivity index (χ3n) is 6.36. The number of Topliss-reactive ketones (excluding diaryl/α,β-unsaturated/α-hetero) is 1. The number of amides is 1. The van der Waals surface area contributed by atoms with E-state index < -0.39 is 23.5 Å². The van der Waals surface area contributed by atoms with Crippen LogP contribution < -0.4 is 14.4 Å². The summed E-state index contributed by atoms with van der Waals surface area (Å²) in [5.41, 5.74) is 2.06. The first kappa shape index (κ1) is 25.5. The van der Waals surface area contributed by atoms with Crippen molar-refractivity contribution in [1.29, 1.82) is 0 Å². The summed E-state index contributed by atoms with van der Waals surface area (Å²) < 4.78 is 7.43. The van der Waals surface area contributed by atoms with Crippen LogP contribution in [0.4, 0.5) is 0 Å². The lowest BCUT2D eigenvalue weighted by Crippen LogP contribution is -2.36. The Balaban J connectivity index is 1.74. The van der Waals surface area contributed by atoms with E-state index in [4.69, 9.17) is 16.3 Å². The molecule has 2 aromatic carbocycles. The van der Waals surface area contributed by atoms with Crippen molar-refractivity contribution >= 4 is 29.1 Å². The van der Waals surface area contributed by atoms with E-state index >= 15 is 0 Å². The number of nitrogens with zero attached hydrogens (tertiary/aromatic N) is 2. The normalized spacial score (nSPS) is 17.2. The standard InChI is InChI=1S/C28H30ClN3O4/c1-4-36-23-11-10-21(16-22(23)29)26(33)24-25(20-8-6-19(7-9-20)18(2)3)32(28(35)27(24)34)14-5-13-31-15-12-30-17-31/h6-12,15-18,25H,4-5,13-14H2,1-3H3,(H,33,34). The van der Waals surface area contributed by atoms with Crippen LogP contribution in [-0.2, 0) is 16.1 Å². The number of ether oxygens (including phenoxy) is 1. The van der Waals surface area contributed by atoms with E-state index in [1.807, 2.05) is 54.5 Å². The van der Waals surface area contributed by atoms with E-state index in [2.05, 4.69) is 18.8 Å². The van der Waals surface area contributed by atoms with Gasteiger partial charge in [0.25, 0.3) is 5.91 Å². The molecule has 1 aliphatic rings. The van der Waals surface area contributed by atoms with Gasteiger partial charge in [-0.05, 0) is 41.7 Å². The van der Waals surface area contributed by atoms with Gasteiger partial charge in [0.1, 0.15) is 18.1 Å². The van der Waals surface area contributed by atoms with Gasteiger partial charge >= 0.3 is 0 Å². The Labute approximate surface area is 216 Å². The van der Waals surface area contributed by atoms with Crippen molar-refractivity contribution in [1.82, 2.24) is 9.88 Å². The van der Waals surface area contributed by atoms with Gasteiger partial charge in [0.15, 0.2) is 0 Å². The molecule has 7 nitrogen and oxygen atoms in total. The van der Waals surface area contributed by atoms with Crippen LogP contribution in [0.3, 0.4) is 0 Å². The molecule has 1 atom stereocenters. The molecule has 1 aliphatic heterocycles. The Morgan fingerprint density at radius 2 is 1.94 bits per heavy atom. The van der Waals surface area contributed by atoms with E-state index in [1.54, 1.807) is 12.1 Å². The van der Waals surface area contributed by atoms with Gasteiger partial charge in [-0.3, -0.25) is 14.6 Å². The Morgan fingerprint density at radius 1 is 1.19 bits per heavy atom. The van der Waals surface area contributed by atoms with Crippen molar-refractivity contribution < 1.29 is 24.0 Å². The van der Waals surface area contributed by atoms with Gasteiger partial charge in [-0.1, -0.05) is 61.5 Å². The number of rotatable bonds is 9. The molecule has 36 heavy (non-hydrogen) atoms. The molecule has 0 saturated carbocycles. The summed E-state index contributed by atoms with van der Waals surface area (Å²) in [7, 11) is 0. The zero-order valence-corrected chi connectivity index (χ0v) is 21.4. The Kier molecular flexibility index (Phi) is 7.79. The van der Waals surface area contributed by atoms with E-state index in [0.29, 0.717) is 37.8 Å². The minimum Gasteiger partial charge on any atom is -0.872 e. The van der Waals surface area contributed by atoms with Gasteiger partial charge in [0.2, 0.25) is 12.1 Å². The monoisotopic (exact) mass is 507 g/mol. The molecule has 0 bridgehead atoms. The second-order valence-electron chi connectivity index (χ2n) is 9.08. The fraction of sp³-hybridized carbons (Fsp3) is 0.321. The first-order valence-corrected chi connectivity index (χ1v) is 12.5. The van der Waals surface area contributed by atoms with Crippen LogP contribution in [-0.4, -0.2) is 34.7 Å². The van der Waals surface area contributed by atoms with Gasteiger partial charge in [-0.2, -0.15) is 0 Å². The first-order valence-electron chi connectivity index (χ1n) is 12.1. The third-order valence-corrected chi connectivity index (χ3v) is 6.66. The lowest BCUT2D eigenvalue weighted by atomic mass is 9.93. The number of halogens is 1. The minimum atomic E-state index is -0.766. The summed E-state index contributed by atoms with van der Waals surface area (Å²) in [4.78, 5) is 30.9. The number of aromatic nitrogens is 2. The molecule has 1 fully saturated rings. The SMILES string of the molecule is CCOc1ccc(/C([O-])=C2\C(=O)C(=O)N(CCC[n+]3cc[nH]c3)C2c2ccc(C(C)C)cc2)cc1Cl. The number of hydrogen-bond donors (Lipinski definition) is 1. The molecule has 1 unspecified atom stereocenters. The predicted octanol–water partition coefficient (Wildman–Crippen LogP) is 3.79. The van der Waals surface area contributed by atoms with Crippen molar-refractivity contribution in [2.24, 2.45) is 0 Å². The molecule has 0 aliphatic carbocycles. The minimum absolute atomic E-state index is 0.0492. The maximum atomic E-state index is 13.6. The van der Waals surface area contributed by atoms with Gasteiger partial charge in [0, 0.05) is 18.5 Å². The van der Waals surface area contributed by atoms with Crippen LogP contribution in [0.15, 0.2) is 66.8 Å². The van der Waals surface area contributed by atoms with Crippen LogP contribution in [0.1, 0.15) is 55.8 Å². The molecule has 1 saturated heterocycles. The van der Waals surface area contributed by atoms with Crippen LogP contribution in [0.5, 0.6) is 5.75 Å². The fourth-order valence-corrected chi connectivity index (χ4v) is 4.70. The van der Waals surface area contributed by atoms with Crippen LogP contribution in [0, 0.1) is 0 Å². The van der Waals surface area contributed by atoms with Gasteiger partial charge < -0.3 is 14.7 Å². The van der Waals surface area contributed by atoms with Crippen molar-refractivity contribution in [3.63, 3.8) is 0 Å². The number of imidazole rings is 1. The molecule has 2 heterocycles. The van der Waals surface area contributed by atoms with E-state index in [1.165, 1.54) is 11.0 Å². The highest BCUT2D eigenvalue weighted by Gasteiger charge is 2.44. The smallest absolute Gasteiger partial charge is 0.295 e. The molecule has 0 spiro atoms. The highest BCUT2D eigenvalue weighted by molar-refractivity contribution is 6.46. The summed E-state index contributed by atoms with van der Waals surface area (Å²) >= 11 is 6.32. The molecule has 0 radical (unpaired) electrons. The van der Waals surface area contributed by atoms with Crippen molar-refractivity contribution in [3.8, 4) is 5.75 Å². The van der Waals surface area contributed by atoms with Crippen LogP contribution in [0.2, 0.25) is 5.02 Å². The number of carbonyl (C=O) groups excluding carboxylic acids is 2. The first-order chi connectivity index (χ1) is 17.3. The summed E-state index contributed by atoms with van der Waals surface area (Å²) in [6, 6.07) is 11.7. The number of benzene rings is 2. The van der Waals surface area contributed by atoms with Crippen molar-refractivity contribution in [2.75, 3.05) is 13.2 Å². The van der Waals surface area contributed by atoms with Crippen LogP contribution in [0.25, 0.3) is 5.76 Å². The highest BCUT2D eigenvalue weighted by Crippen LogP contribution is 2.40. The zero-order chi connectivity index (χ0) is 25.8. The zero-order valence-electron chi connectivity index (χ0n) is 20.7. The molecule has 4 rings (SSSR count). The predicted molar refractivity (Wildman–Crippen MR) is 135 cm³/mol. The molecular weight excluding hydrogens is 478 g/mol. The second-order valence-corrected chi connectivity index (χ2v) is 9.48. The molecule has 1 aromatic heterocycles. The van der Waals surface area contributed by atoms with Crippen molar-refractivity contribution in [3.05, 3.63) is 88.5 Å². The number of H-pyrrole nitrogens is 1. The van der Waals surface area contributed by atoms with E-state index in [0.717, 1.165) is 11.1 Å². The number of carbonyl (C=O) groups is 2. The molecule has 188 valence electrons. The number of aryl methyl sites for hydroxylation is 1. The average Bonchev–Trinajstić information content (AvgIpc) is 3.47. The summed E-state index contributed by atoms with van der Waals surface area (Å²) in [6.07, 6.45) is 6.17. The average molecular weight is 508 g/mol. The van der Waals surface area contributed by atoms with Gasteiger partial charge in [0.05, 0.1) is 24.2 Å². The third kappa shape index (κ3) is 5.16. The van der Waals surface area contributed by atoms with E-state index in [-0.39, 0.29) is 16.2 Å². The number of likely N-dealkylation sites (tertiary alicyclic amines) is 1. The summed E-state index contributed by atoms with van der Waals surface area (Å²) in [6.45, 7) is 7.46. The lowest BCUT2D eigenvalue weighted by molar-refractivity contribution is -0.695. The quantitative estimate of drug-likeness (QED) is 0.206. The Morgan fingerprint density at radius 3 is 2.56 bits per heavy atom. The Bertz CT molecular complexity index is 1270. The number of ketones is 1. The van der Waals surface area contributed by atoms with Crippen molar-refractivity contribution in [2.45, 2.75) is 45.7 Å². The highest BCUT2D eigenvalue weighted by atomic mass is 35.5.